The molecule has 12 heavy (non-hydrogen) atoms. The predicted molar refractivity (Wildman–Crippen MR) is 46.8 cm³/mol. The molecule has 1 amide bonds. The van der Waals surface area contributed by atoms with Gasteiger partial charge in [-0.15, -0.1) is 6.58 Å². The van der Waals surface area contributed by atoms with Gasteiger partial charge in [-0.3, -0.25) is 9.89 Å². The lowest BCUT2D eigenvalue weighted by Gasteiger charge is -1.95. The molecule has 0 aromatic carbocycles. The molecule has 1 aromatic heterocycles. The van der Waals surface area contributed by atoms with E-state index in [-0.39, 0.29) is 5.91 Å². The van der Waals surface area contributed by atoms with Crippen LogP contribution in [0.1, 0.15) is 12.1 Å². The van der Waals surface area contributed by atoms with E-state index in [1.165, 1.54) is 0 Å². The molecule has 1 aromatic rings. The van der Waals surface area contributed by atoms with Crippen molar-refractivity contribution in [3.05, 3.63) is 24.4 Å². The third-order valence-electron chi connectivity index (χ3n) is 1.30. The number of anilines is 1. The molecule has 2 N–H and O–H groups in total. The second kappa shape index (κ2) is 3.71. The fraction of sp³-hybridized carbons (Fsp3) is 0.250. The van der Waals surface area contributed by atoms with Crippen LogP contribution in [0.3, 0.4) is 0 Å². The van der Waals surface area contributed by atoms with E-state index in [0.29, 0.717) is 12.2 Å². The first-order chi connectivity index (χ1) is 5.72. The maximum Gasteiger partial charge on any atom is 0.229 e. The molecule has 0 aliphatic heterocycles. The predicted octanol–water partition coefficient (Wildman–Crippen LogP) is 1.23. The van der Waals surface area contributed by atoms with E-state index in [2.05, 4.69) is 22.1 Å². The van der Waals surface area contributed by atoms with Gasteiger partial charge in [-0.05, 0) is 6.92 Å². The third-order valence-corrected chi connectivity index (χ3v) is 1.30. The zero-order valence-corrected chi connectivity index (χ0v) is 6.92. The van der Waals surface area contributed by atoms with Gasteiger partial charge in [0.05, 0.1) is 0 Å². The first-order valence-electron chi connectivity index (χ1n) is 3.65. The van der Waals surface area contributed by atoms with Crippen LogP contribution in [0.15, 0.2) is 18.7 Å². The minimum atomic E-state index is -0.100. The molecule has 0 bridgehead atoms. The molecule has 0 saturated carbocycles. The van der Waals surface area contributed by atoms with Crippen LogP contribution in [0.25, 0.3) is 0 Å². The van der Waals surface area contributed by atoms with Crippen molar-refractivity contribution in [3.8, 4) is 0 Å². The molecular weight excluding hydrogens is 154 g/mol. The second-order valence-electron chi connectivity index (χ2n) is 2.48. The zero-order chi connectivity index (χ0) is 8.97. The highest BCUT2D eigenvalue weighted by molar-refractivity contribution is 5.90. The van der Waals surface area contributed by atoms with Crippen molar-refractivity contribution in [2.75, 3.05) is 5.32 Å². The van der Waals surface area contributed by atoms with Crippen molar-refractivity contribution in [1.29, 1.82) is 0 Å². The maximum absolute atomic E-state index is 11.0. The van der Waals surface area contributed by atoms with E-state index < -0.39 is 0 Å². The van der Waals surface area contributed by atoms with E-state index in [9.17, 15) is 4.79 Å². The number of aromatic amines is 1. The molecule has 4 nitrogen and oxygen atoms in total. The minimum absolute atomic E-state index is 0.100. The van der Waals surface area contributed by atoms with Crippen molar-refractivity contribution in [2.24, 2.45) is 0 Å². The average molecular weight is 165 g/mol. The van der Waals surface area contributed by atoms with Gasteiger partial charge in [0, 0.05) is 18.2 Å². The molecule has 0 radical (unpaired) electrons. The Bertz CT molecular complexity index is 290. The standard InChI is InChI=1S/C8H11N3O/c1-3-4-8(12)9-7-5-6(2)10-11-7/h3,5H,1,4H2,2H3,(H2,9,10,11,12). The SMILES string of the molecule is C=CCC(=O)Nc1cc(C)[nH]n1. The van der Waals surface area contributed by atoms with E-state index in [0.717, 1.165) is 5.69 Å². The number of carbonyl (C=O) groups excluding carboxylic acids is 1. The van der Waals surface area contributed by atoms with Gasteiger partial charge < -0.3 is 5.32 Å². The normalized spacial score (nSPS) is 9.42. The van der Waals surface area contributed by atoms with E-state index in [1.54, 1.807) is 12.1 Å². The third kappa shape index (κ3) is 2.23. The van der Waals surface area contributed by atoms with E-state index in [1.807, 2.05) is 6.92 Å². The summed E-state index contributed by atoms with van der Waals surface area (Å²) in [5, 5.41) is 9.18. The summed E-state index contributed by atoms with van der Waals surface area (Å²) in [6.45, 7) is 5.33. The number of carbonyl (C=O) groups is 1. The van der Waals surface area contributed by atoms with Crippen LogP contribution >= 0.6 is 0 Å². The van der Waals surface area contributed by atoms with Crippen LogP contribution in [0.2, 0.25) is 0 Å². The number of nitrogens with zero attached hydrogens (tertiary/aromatic N) is 1. The Morgan fingerprint density at radius 1 is 1.92 bits per heavy atom. The fourth-order valence-corrected chi connectivity index (χ4v) is 0.807. The summed E-state index contributed by atoms with van der Waals surface area (Å²) < 4.78 is 0. The number of rotatable bonds is 3. The summed E-state index contributed by atoms with van der Waals surface area (Å²) in [6.07, 6.45) is 1.86. The molecule has 1 rings (SSSR count). The highest BCUT2D eigenvalue weighted by Crippen LogP contribution is 2.03. The topological polar surface area (TPSA) is 57.8 Å². The maximum atomic E-state index is 11.0. The van der Waals surface area contributed by atoms with Crippen LogP contribution < -0.4 is 5.32 Å². The quantitative estimate of drug-likeness (QED) is 0.662. The number of aryl methyl sites for hydroxylation is 1. The largest absolute Gasteiger partial charge is 0.309 e. The lowest BCUT2D eigenvalue weighted by Crippen LogP contribution is -2.09. The lowest BCUT2D eigenvalue weighted by molar-refractivity contribution is -0.115. The van der Waals surface area contributed by atoms with E-state index >= 15 is 0 Å². The fourth-order valence-electron chi connectivity index (χ4n) is 0.807. The Morgan fingerprint density at radius 3 is 3.17 bits per heavy atom. The number of hydrogen-bond donors (Lipinski definition) is 2. The molecule has 4 heteroatoms. The molecule has 0 atom stereocenters. The summed E-state index contributed by atoms with van der Waals surface area (Å²) >= 11 is 0. The summed E-state index contributed by atoms with van der Waals surface area (Å²) in [5.74, 6) is 0.454. The number of hydrogen-bond acceptors (Lipinski definition) is 2. The van der Waals surface area contributed by atoms with Crippen LogP contribution in [0.5, 0.6) is 0 Å². The number of aromatic nitrogens is 2. The summed E-state index contributed by atoms with van der Waals surface area (Å²) in [5.41, 5.74) is 0.920. The van der Waals surface area contributed by atoms with Crippen molar-refractivity contribution < 1.29 is 4.79 Å². The van der Waals surface area contributed by atoms with Crippen molar-refractivity contribution in [2.45, 2.75) is 13.3 Å². The Hall–Kier alpha value is -1.58. The van der Waals surface area contributed by atoms with Crippen molar-refractivity contribution in [1.82, 2.24) is 10.2 Å². The first-order valence-corrected chi connectivity index (χ1v) is 3.65. The van der Waals surface area contributed by atoms with Gasteiger partial charge in [0.15, 0.2) is 5.82 Å². The van der Waals surface area contributed by atoms with Crippen molar-refractivity contribution >= 4 is 11.7 Å². The average Bonchev–Trinajstić information content (AvgIpc) is 2.36. The Kier molecular flexibility index (Phi) is 2.63. The molecule has 0 aliphatic carbocycles. The molecule has 0 saturated heterocycles. The Balaban J connectivity index is 2.52. The van der Waals surface area contributed by atoms with Gasteiger partial charge in [-0.1, -0.05) is 6.08 Å². The molecule has 0 aliphatic rings. The van der Waals surface area contributed by atoms with Crippen LogP contribution in [0, 0.1) is 6.92 Å². The van der Waals surface area contributed by atoms with Gasteiger partial charge >= 0.3 is 0 Å². The second-order valence-corrected chi connectivity index (χ2v) is 2.48. The molecule has 0 unspecified atom stereocenters. The zero-order valence-electron chi connectivity index (χ0n) is 6.92. The Morgan fingerprint density at radius 2 is 2.67 bits per heavy atom. The summed E-state index contributed by atoms with van der Waals surface area (Å²) in [6, 6.07) is 1.76. The van der Waals surface area contributed by atoms with Crippen molar-refractivity contribution in [3.63, 3.8) is 0 Å². The highest BCUT2D eigenvalue weighted by atomic mass is 16.1. The first kappa shape index (κ1) is 8.52. The van der Waals surface area contributed by atoms with Gasteiger partial charge in [0.25, 0.3) is 0 Å². The summed E-state index contributed by atoms with van der Waals surface area (Å²) in [4.78, 5) is 11.0. The monoisotopic (exact) mass is 165 g/mol. The molecule has 1 heterocycles. The van der Waals surface area contributed by atoms with Crippen LogP contribution in [-0.4, -0.2) is 16.1 Å². The number of nitrogens with one attached hydrogen (secondary N) is 2. The van der Waals surface area contributed by atoms with E-state index in [4.69, 9.17) is 0 Å². The number of amides is 1. The van der Waals surface area contributed by atoms with Crippen LogP contribution in [-0.2, 0) is 4.79 Å². The van der Waals surface area contributed by atoms with Gasteiger partial charge in [-0.25, -0.2) is 0 Å². The molecule has 0 spiro atoms. The smallest absolute Gasteiger partial charge is 0.229 e. The van der Waals surface area contributed by atoms with Gasteiger partial charge in [-0.2, -0.15) is 5.10 Å². The number of H-pyrrole nitrogens is 1. The molecule has 64 valence electrons. The van der Waals surface area contributed by atoms with Crippen LogP contribution in [0.4, 0.5) is 5.82 Å². The summed E-state index contributed by atoms with van der Waals surface area (Å²) in [7, 11) is 0. The highest BCUT2D eigenvalue weighted by Gasteiger charge is 2.01. The Labute approximate surface area is 70.7 Å². The molecule has 0 fully saturated rings. The minimum Gasteiger partial charge on any atom is -0.309 e. The lowest BCUT2D eigenvalue weighted by atomic mass is 10.4. The van der Waals surface area contributed by atoms with Gasteiger partial charge in [0.2, 0.25) is 5.91 Å². The van der Waals surface area contributed by atoms with Gasteiger partial charge in [0.1, 0.15) is 0 Å². The molecular formula is C8H11N3O.